The van der Waals surface area contributed by atoms with Gasteiger partial charge >= 0.3 is 0 Å². The van der Waals surface area contributed by atoms with Crippen molar-refractivity contribution in [2.45, 2.75) is 13.5 Å². The number of para-hydroxylation sites is 1. The molecule has 0 saturated carbocycles. The largest absolute Gasteiger partial charge is 0.496 e. The average Bonchev–Trinajstić information content (AvgIpc) is 3.03. The van der Waals surface area contributed by atoms with Crippen LogP contribution in [-0.4, -0.2) is 17.3 Å². The molecule has 0 fully saturated rings. The summed E-state index contributed by atoms with van der Waals surface area (Å²) in [5.74, 6) is 1.33. The zero-order valence-electron chi connectivity index (χ0n) is 12.8. The van der Waals surface area contributed by atoms with E-state index < -0.39 is 0 Å². The Morgan fingerprint density at radius 3 is 2.83 bits per heavy atom. The van der Waals surface area contributed by atoms with Crippen LogP contribution < -0.4 is 10.1 Å². The van der Waals surface area contributed by atoms with Crippen molar-refractivity contribution in [2.24, 2.45) is 0 Å². The number of hydrogen-bond donors (Lipinski definition) is 1. The number of rotatable bonds is 5. The number of anilines is 1. The predicted molar refractivity (Wildman–Crippen MR) is 84.7 cm³/mol. The molecule has 5 nitrogen and oxygen atoms in total. The van der Waals surface area contributed by atoms with E-state index in [0.717, 1.165) is 16.8 Å². The summed E-state index contributed by atoms with van der Waals surface area (Å²) in [6.45, 7) is 2.19. The Morgan fingerprint density at radius 2 is 2.04 bits per heavy atom. The van der Waals surface area contributed by atoms with Gasteiger partial charge in [0.2, 0.25) is 11.7 Å². The van der Waals surface area contributed by atoms with Crippen LogP contribution in [0.3, 0.4) is 0 Å². The Labute approximate surface area is 133 Å². The molecule has 0 bridgehead atoms. The molecule has 23 heavy (non-hydrogen) atoms. The maximum atomic E-state index is 13.1. The van der Waals surface area contributed by atoms with E-state index in [2.05, 4.69) is 15.5 Å². The molecule has 0 radical (unpaired) electrons. The van der Waals surface area contributed by atoms with Crippen molar-refractivity contribution < 1.29 is 13.7 Å². The summed E-state index contributed by atoms with van der Waals surface area (Å²) in [6.07, 6.45) is 0. The highest BCUT2D eigenvalue weighted by atomic mass is 19.1. The zero-order valence-corrected chi connectivity index (χ0v) is 12.8. The fourth-order valence-corrected chi connectivity index (χ4v) is 2.26. The molecule has 0 atom stereocenters. The Kier molecular flexibility index (Phi) is 4.23. The molecule has 1 heterocycles. The highest BCUT2D eigenvalue weighted by Gasteiger charge is 2.12. The first-order valence-electron chi connectivity index (χ1n) is 7.13. The van der Waals surface area contributed by atoms with Crippen LogP contribution in [0.4, 0.5) is 10.1 Å². The molecule has 1 aromatic heterocycles. The molecular weight excluding hydrogens is 297 g/mol. The van der Waals surface area contributed by atoms with Gasteiger partial charge in [0.05, 0.1) is 19.2 Å². The van der Waals surface area contributed by atoms with E-state index in [1.807, 2.05) is 31.2 Å². The van der Waals surface area contributed by atoms with Crippen LogP contribution in [-0.2, 0) is 6.54 Å². The lowest BCUT2D eigenvalue weighted by molar-refractivity contribution is 0.383. The highest BCUT2D eigenvalue weighted by molar-refractivity contribution is 5.63. The number of benzene rings is 2. The Hall–Kier alpha value is -2.89. The fourth-order valence-electron chi connectivity index (χ4n) is 2.26. The van der Waals surface area contributed by atoms with Crippen LogP contribution in [0.1, 0.15) is 11.5 Å². The lowest BCUT2D eigenvalue weighted by Crippen LogP contribution is -2.01. The third kappa shape index (κ3) is 3.31. The molecule has 0 amide bonds. The molecule has 3 aromatic rings. The molecule has 0 saturated heterocycles. The van der Waals surface area contributed by atoms with Crippen molar-refractivity contribution in [1.82, 2.24) is 10.1 Å². The molecule has 0 aliphatic carbocycles. The van der Waals surface area contributed by atoms with Crippen molar-refractivity contribution in [1.29, 1.82) is 0 Å². The average molecular weight is 313 g/mol. The van der Waals surface area contributed by atoms with Crippen molar-refractivity contribution in [3.63, 3.8) is 0 Å². The number of aryl methyl sites for hydroxylation is 1. The standard InChI is InChI=1S/C17H16FN3O2/c1-11-9-12(18)7-8-14(11)19-10-16-20-17(21-23-16)13-5-3-4-6-15(13)22-2/h3-9,19H,10H2,1-2H3. The predicted octanol–water partition coefficient (Wildman–Crippen LogP) is 3.80. The minimum Gasteiger partial charge on any atom is -0.496 e. The fraction of sp³-hybridized carbons (Fsp3) is 0.176. The third-order valence-corrected chi connectivity index (χ3v) is 3.43. The van der Waals surface area contributed by atoms with Gasteiger partial charge in [0.15, 0.2) is 0 Å². The first-order valence-corrected chi connectivity index (χ1v) is 7.13. The number of halogens is 1. The summed E-state index contributed by atoms with van der Waals surface area (Å²) in [6, 6.07) is 12.0. The molecule has 0 spiro atoms. The van der Waals surface area contributed by atoms with E-state index >= 15 is 0 Å². The molecule has 3 rings (SSSR count). The van der Waals surface area contributed by atoms with E-state index in [-0.39, 0.29) is 5.82 Å². The van der Waals surface area contributed by atoms with Gasteiger partial charge in [-0.25, -0.2) is 4.39 Å². The van der Waals surface area contributed by atoms with Gasteiger partial charge in [-0.1, -0.05) is 17.3 Å². The summed E-state index contributed by atoms with van der Waals surface area (Å²) < 4.78 is 23.6. The highest BCUT2D eigenvalue weighted by Crippen LogP contribution is 2.27. The van der Waals surface area contributed by atoms with E-state index in [1.54, 1.807) is 13.2 Å². The maximum Gasteiger partial charge on any atom is 0.246 e. The van der Waals surface area contributed by atoms with Crippen LogP contribution >= 0.6 is 0 Å². The topological polar surface area (TPSA) is 60.2 Å². The summed E-state index contributed by atoms with van der Waals surface area (Å²) in [5, 5.41) is 7.13. The van der Waals surface area contributed by atoms with Gasteiger partial charge in [-0.2, -0.15) is 4.98 Å². The van der Waals surface area contributed by atoms with E-state index in [0.29, 0.717) is 24.0 Å². The van der Waals surface area contributed by atoms with Crippen molar-refractivity contribution in [3.05, 3.63) is 59.7 Å². The lowest BCUT2D eigenvalue weighted by atomic mass is 10.2. The molecule has 118 valence electrons. The van der Waals surface area contributed by atoms with E-state index in [1.165, 1.54) is 12.1 Å². The molecule has 0 aliphatic heterocycles. The Balaban J connectivity index is 1.75. The Morgan fingerprint density at radius 1 is 1.22 bits per heavy atom. The maximum absolute atomic E-state index is 13.1. The third-order valence-electron chi connectivity index (χ3n) is 3.43. The van der Waals surface area contributed by atoms with Crippen LogP contribution in [0.25, 0.3) is 11.4 Å². The molecule has 2 aromatic carbocycles. The van der Waals surface area contributed by atoms with Crippen LogP contribution in [0.15, 0.2) is 47.0 Å². The second-order valence-electron chi connectivity index (χ2n) is 5.02. The minimum absolute atomic E-state index is 0.260. The van der Waals surface area contributed by atoms with Gasteiger partial charge in [-0.05, 0) is 42.8 Å². The summed E-state index contributed by atoms with van der Waals surface area (Å²) in [7, 11) is 1.60. The van der Waals surface area contributed by atoms with Crippen LogP contribution in [0, 0.1) is 12.7 Å². The smallest absolute Gasteiger partial charge is 0.246 e. The van der Waals surface area contributed by atoms with Gasteiger partial charge in [0.25, 0.3) is 0 Å². The summed E-state index contributed by atoms with van der Waals surface area (Å²) in [4.78, 5) is 4.36. The normalized spacial score (nSPS) is 10.6. The van der Waals surface area contributed by atoms with Gasteiger partial charge in [-0.15, -0.1) is 0 Å². The van der Waals surface area contributed by atoms with Crippen molar-refractivity contribution >= 4 is 5.69 Å². The minimum atomic E-state index is -0.260. The molecule has 6 heteroatoms. The van der Waals surface area contributed by atoms with E-state index in [4.69, 9.17) is 9.26 Å². The molecule has 0 aliphatic rings. The lowest BCUT2D eigenvalue weighted by Gasteiger charge is -2.06. The zero-order chi connectivity index (χ0) is 16.2. The first kappa shape index (κ1) is 15.0. The quantitative estimate of drug-likeness (QED) is 0.776. The molecule has 0 unspecified atom stereocenters. The number of nitrogens with zero attached hydrogens (tertiary/aromatic N) is 2. The second-order valence-corrected chi connectivity index (χ2v) is 5.02. The molecule has 1 N–H and O–H groups in total. The number of aromatic nitrogens is 2. The van der Waals surface area contributed by atoms with Crippen molar-refractivity contribution in [3.8, 4) is 17.1 Å². The Bertz CT molecular complexity index is 817. The monoisotopic (exact) mass is 313 g/mol. The van der Waals surface area contributed by atoms with E-state index in [9.17, 15) is 4.39 Å². The number of hydrogen-bond acceptors (Lipinski definition) is 5. The van der Waals surface area contributed by atoms with Gasteiger partial charge in [-0.3, -0.25) is 0 Å². The van der Waals surface area contributed by atoms with Crippen molar-refractivity contribution in [2.75, 3.05) is 12.4 Å². The SMILES string of the molecule is COc1ccccc1-c1noc(CNc2ccc(F)cc2C)n1. The van der Waals surface area contributed by atoms with Gasteiger partial charge in [0.1, 0.15) is 11.6 Å². The summed E-state index contributed by atoms with van der Waals surface area (Å²) >= 11 is 0. The number of nitrogens with one attached hydrogen (secondary N) is 1. The second kappa shape index (κ2) is 6.48. The number of ether oxygens (including phenoxy) is 1. The van der Waals surface area contributed by atoms with Crippen LogP contribution in [0.5, 0.6) is 5.75 Å². The van der Waals surface area contributed by atoms with Gasteiger partial charge in [0, 0.05) is 5.69 Å². The van der Waals surface area contributed by atoms with Gasteiger partial charge < -0.3 is 14.6 Å². The van der Waals surface area contributed by atoms with Crippen LogP contribution in [0.2, 0.25) is 0 Å². The number of methoxy groups -OCH3 is 1. The molecular formula is C17H16FN3O2. The first-order chi connectivity index (χ1) is 11.2. The summed E-state index contributed by atoms with van der Waals surface area (Å²) in [5.41, 5.74) is 2.40.